The predicted octanol–water partition coefficient (Wildman–Crippen LogP) is 2.01. The van der Waals surface area contributed by atoms with E-state index in [2.05, 4.69) is 4.74 Å². The normalized spacial score (nSPS) is 25.8. The SMILES string of the molecule is COC(=O)C1(CO)CCC(Cc2ccc(Cl)cc2)C1=O. The maximum Gasteiger partial charge on any atom is 0.321 e. The van der Waals surface area contributed by atoms with Crippen LogP contribution in [0.2, 0.25) is 5.02 Å². The molecule has 0 spiro atoms. The summed E-state index contributed by atoms with van der Waals surface area (Å²) >= 11 is 5.82. The van der Waals surface area contributed by atoms with Gasteiger partial charge in [-0.1, -0.05) is 23.7 Å². The van der Waals surface area contributed by atoms with Crippen molar-refractivity contribution in [3.05, 3.63) is 34.9 Å². The number of rotatable bonds is 4. The topological polar surface area (TPSA) is 63.6 Å². The van der Waals surface area contributed by atoms with Gasteiger partial charge in [-0.15, -0.1) is 0 Å². The lowest BCUT2D eigenvalue weighted by molar-refractivity contribution is -0.159. The van der Waals surface area contributed by atoms with Crippen LogP contribution in [0.15, 0.2) is 24.3 Å². The van der Waals surface area contributed by atoms with Crippen LogP contribution in [0.1, 0.15) is 18.4 Å². The highest BCUT2D eigenvalue weighted by Crippen LogP contribution is 2.40. The van der Waals surface area contributed by atoms with E-state index in [-0.39, 0.29) is 11.7 Å². The molecule has 108 valence electrons. The van der Waals surface area contributed by atoms with Gasteiger partial charge in [0, 0.05) is 10.9 Å². The van der Waals surface area contributed by atoms with Crippen molar-refractivity contribution in [3.8, 4) is 0 Å². The summed E-state index contributed by atoms with van der Waals surface area (Å²) in [5, 5.41) is 10.1. The zero-order valence-corrected chi connectivity index (χ0v) is 12.0. The van der Waals surface area contributed by atoms with Gasteiger partial charge in [-0.25, -0.2) is 0 Å². The van der Waals surface area contributed by atoms with Crippen LogP contribution < -0.4 is 0 Å². The Hall–Kier alpha value is -1.39. The molecule has 1 aliphatic carbocycles. The van der Waals surface area contributed by atoms with E-state index in [4.69, 9.17) is 11.6 Å². The van der Waals surface area contributed by atoms with Crippen LogP contribution in [0.4, 0.5) is 0 Å². The predicted molar refractivity (Wildman–Crippen MR) is 74.4 cm³/mol. The van der Waals surface area contributed by atoms with Crippen LogP contribution in [0.25, 0.3) is 0 Å². The molecule has 2 atom stereocenters. The van der Waals surface area contributed by atoms with Crippen molar-refractivity contribution in [1.82, 2.24) is 0 Å². The first-order valence-corrected chi connectivity index (χ1v) is 6.89. The van der Waals surface area contributed by atoms with E-state index in [1.54, 1.807) is 12.1 Å². The zero-order valence-electron chi connectivity index (χ0n) is 11.3. The number of methoxy groups -OCH3 is 1. The van der Waals surface area contributed by atoms with Crippen molar-refractivity contribution >= 4 is 23.4 Å². The third-order valence-corrected chi connectivity index (χ3v) is 4.26. The third kappa shape index (κ3) is 2.58. The first-order chi connectivity index (χ1) is 9.53. The highest BCUT2D eigenvalue weighted by Gasteiger charge is 2.53. The fraction of sp³-hybridized carbons (Fsp3) is 0.467. The molecular formula is C15H17ClO4. The Bertz CT molecular complexity index is 511. The number of hydrogen-bond donors (Lipinski definition) is 1. The molecule has 4 nitrogen and oxygen atoms in total. The van der Waals surface area contributed by atoms with Gasteiger partial charge < -0.3 is 9.84 Å². The van der Waals surface area contributed by atoms with Crippen molar-refractivity contribution in [3.63, 3.8) is 0 Å². The number of esters is 1. The molecule has 0 bridgehead atoms. The molecule has 1 saturated carbocycles. The molecule has 1 aliphatic rings. The number of halogens is 1. The van der Waals surface area contributed by atoms with E-state index in [0.717, 1.165) is 5.56 Å². The third-order valence-electron chi connectivity index (χ3n) is 4.00. The van der Waals surface area contributed by atoms with Gasteiger partial charge in [-0.2, -0.15) is 0 Å². The fourth-order valence-corrected chi connectivity index (χ4v) is 2.91. The van der Waals surface area contributed by atoms with Crippen molar-refractivity contribution in [2.45, 2.75) is 19.3 Å². The van der Waals surface area contributed by atoms with Gasteiger partial charge >= 0.3 is 5.97 Å². The van der Waals surface area contributed by atoms with Crippen LogP contribution in [-0.4, -0.2) is 30.6 Å². The summed E-state index contributed by atoms with van der Waals surface area (Å²) < 4.78 is 4.68. The molecule has 20 heavy (non-hydrogen) atoms. The van der Waals surface area contributed by atoms with Crippen LogP contribution >= 0.6 is 11.6 Å². The second-order valence-electron chi connectivity index (χ2n) is 5.16. The number of carbonyl (C=O) groups excluding carboxylic acids is 2. The standard InChI is InChI=1S/C15H17ClO4/c1-20-14(19)15(9-17)7-6-11(13(15)18)8-10-2-4-12(16)5-3-10/h2-5,11,17H,6-9H2,1H3. The van der Waals surface area contributed by atoms with E-state index in [1.807, 2.05) is 12.1 Å². The van der Waals surface area contributed by atoms with Crippen molar-refractivity contribution < 1.29 is 19.4 Å². The maximum absolute atomic E-state index is 12.4. The molecule has 1 aromatic carbocycles. The highest BCUT2D eigenvalue weighted by molar-refractivity contribution is 6.30. The molecule has 2 unspecified atom stereocenters. The van der Waals surface area contributed by atoms with Gasteiger partial charge in [0.2, 0.25) is 0 Å². The molecule has 1 aromatic rings. The number of aliphatic hydroxyl groups is 1. The van der Waals surface area contributed by atoms with Crippen molar-refractivity contribution in [1.29, 1.82) is 0 Å². The second-order valence-corrected chi connectivity index (χ2v) is 5.60. The largest absolute Gasteiger partial charge is 0.468 e. The van der Waals surface area contributed by atoms with Crippen LogP contribution in [-0.2, 0) is 20.7 Å². The van der Waals surface area contributed by atoms with Gasteiger partial charge in [0.15, 0.2) is 5.78 Å². The first-order valence-electron chi connectivity index (χ1n) is 6.51. The van der Waals surface area contributed by atoms with E-state index in [9.17, 15) is 14.7 Å². The van der Waals surface area contributed by atoms with Gasteiger partial charge in [-0.05, 0) is 37.0 Å². The molecule has 0 aromatic heterocycles. The van der Waals surface area contributed by atoms with Crippen LogP contribution in [0.3, 0.4) is 0 Å². The smallest absolute Gasteiger partial charge is 0.321 e. The minimum Gasteiger partial charge on any atom is -0.468 e. The monoisotopic (exact) mass is 296 g/mol. The molecule has 0 aliphatic heterocycles. The summed E-state index contributed by atoms with van der Waals surface area (Å²) in [7, 11) is 1.24. The van der Waals surface area contributed by atoms with Crippen LogP contribution in [0.5, 0.6) is 0 Å². The lowest BCUT2D eigenvalue weighted by Gasteiger charge is -2.22. The number of ether oxygens (including phenoxy) is 1. The van der Waals surface area contributed by atoms with Gasteiger partial charge in [-0.3, -0.25) is 9.59 Å². The summed E-state index contributed by atoms with van der Waals surface area (Å²) in [6.07, 6.45) is 1.47. The average Bonchev–Trinajstić information content (AvgIpc) is 2.78. The minimum atomic E-state index is -1.37. The summed E-state index contributed by atoms with van der Waals surface area (Å²) in [6, 6.07) is 7.28. The van der Waals surface area contributed by atoms with Crippen molar-refractivity contribution in [2.75, 3.05) is 13.7 Å². The number of Topliss-reactive ketones (excluding diaryl/α,β-unsaturated/α-hetero) is 1. The zero-order chi connectivity index (χ0) is 14.8. The Kier molecular flexibility index (Phi) is 4.45. The minimum absolute atomic E-state index is 0.221. The lowest BCUT2D eigenvalue weighted by atomic mass is 9.84. The number of hydrogen-bond acceptors (Lipinski definition) is 4. The van der Waals surface area contributed by atoms with E-state index >= 15 is 0 Å². The van der Waals surface area contributed by atoms with Gasteiger partial charge in [0.1, 0.15) is 5.41 Å². The van der Waals surface area contributed by atoms with E-state index < -0.39 is 18.0 Å². The number of ketones is 1. The molecule has 1 fully saturated rings. The Morgan fingerprint density at radius 3 is 2.65 bits per heavy atom. The summed E-state index contributed by atoms with van der Waals surface area (Å²) in [6.45, 7) is -0.490. The lowest BCUT2D eigenvalue weighted by Crippen LogP contribution is -2.41. The highest BCUT2D eigenvalue weighted by atomic mass is 35.5. The summed E-state index contributed by atoms with van der Waals surface area (Å²) in [4.78, 5) is 24.2. The van der Waals surface area contributed by atoms with Crippen molar-refractivity contribution in [2.24, 2.45) is 11.3 Å². The Morgan fingerprint density at radius 1 is 1.45 bits per heavy atom. The number of carbonyl (C=O) groups is 2. The molecule has 0 saturated heterocycles. The van der Waals surface area contributed by atoms with Gasteiger partial charge in [0.05, 0.1) is 13.7 Å². The molecule has 0 radical (unpaired) electrons. The molecule has 2 rings (SSSR count). The number of aliphatic hydroxyl groups excluding tert-OH is 1. The van der Waals surface area contributed by atoms with Crippen LogP contribution in [0, 0.1) is 11.3 Å². The molecule has 0 amide bonds. The van der Waals surface area contributed by atoms with E-state index in [1.165, 1.54) is 7.11 Å². The Labute approximate surface area is 122 Å². The summed E-state index contributed by atoms with van der Waals surface area (Å²) in [5.41, 5.74) is -0.377. The van der Waals surface area contributed by atoms with Gasteiger partial charge in [0.25, 0.3) is 0 Å². The van der Waals surface area contributed by atoms with E-state index in [0.29, 0.717) is 24.3 Å². The summed E-state index contributed by atoms with van der Waals surface area (Å²) in [5.74, 6) is -1.12. The molecule has 5 heteroatoms. The quantitative estimate of drug-likeness (QED) is 0.682. The maximum atomic E-state index is 12.4. The first kappa shape index (κ1) is 15.0. The Balaban J connectivity index is 2.14. The fourth-order valence-electron chi connectivity index (χ4n) is 2.78. The molecular weight excluding hydrogens is 280 g/mol. The number of benzene rings is 1. The Morgan fingerprint density at radius 2 is 2.10 bits per heavy atom. The second kappa shape index (κ2) is 5.94. The molecule has 0 heterocycles. The molecule has 1 N–H and O–H groups in total. The average molecular weight is 297 g/mol.